The molecule has 0 fully saturated rings. The SMILES string of the molecule is C[C@H](NC(=O)COC(=O)CCC(=O)c1cccs1)c1ccc(Cl)cc1. The topological polar surface area (TPSA) is 72.5 Å². The van der Waals surface area contributed by atoms with Crippen molar-refractivity contribution in [3.05, 3.63) is 57.2 Å². The number of hydrogen-bond acceptors (Lipinski definition) is 5. The first-order valence-corrected chi connectivity index (χ1v) is 8.98. The third kappa shape index (κ3) is 6.32. The van der Waals surface area contributed by atoms with Gasteiger partial charge in [0, 0.05) is 11.4 Å². The summed E-state index contributed by atoms with van der Waals surface area (Å²) in [4.78, 5) is 35.9. The lowest BCUT2D eigenvalue weighted by Crippen LogP contribution is -2.31. The first-order chi connectivity index (χ1) is 12.0. The third-order valence-corrected chi connectivity index (χ3v) is 4.63. The summed E-state index contributed by atoms with van der Waals surface area (Å²) in [6, 6.07) is 10.4. The average molecular weight is 380 g/mol. The zero-order valence-corrected chi connectivity index (χ0v) is 15.2. The Morgan fingerprint density at radius 3 is 2.52 bits per heavy atom. The van der Waals surface area contributed by atoms with Crippen molar-refractivity contribution in [2.24, 2.45) is 0 Å². The van der Waals surface area contributed by atoms with Gasteiger partial charge in [0.1, 0.15) is 0 Å². The van der Waals surface area contributed by atoms with Gasteiger partial charge in [-0.05, 0) is 36.1 Å². The van der Waals surface area contributed by atoms with Gasteiger partial charge in [0.15, 0.2) is 12.4 Å². The summed E-state index contributed by atoms with van der Waals surface area (Å²) in [5.41, 5.74) is 0.894. The van der Waals surface area contributed by atoms with Crippen molar-refractivity contribution in [2.75, 3.05) is 6.61 Å². The molecule has 25 heavy (non-hydrogen) atoms. The van der Waals surface area contributed by atoms with Gasteiger partial charge < -0.3 is 10.1 Å². The standard InChI is InChI=1S/C18H18ClNO4S/c1-12(13-4-6-14(19)7-5-13)20-17(22)11-24-18(23)9-8-15(21)16-3-2-10-25-16/h2-7,10,12H,8-9,11H2,1H3,(H,20,22)/t12-/m0/s1. The van der Waals surface area contributed by atoms with Gasteiger partial charge in [-0.1, -0.05) is 29.8 Å². The summed E-state index contributed by atoms with van der Waals surface area (Å²) in [6.07, 6.45) is 0.0267. The summed E-state index contributed by atoms with van der Waals surface area (Å²) >= 11 is 7.16. The van der Waals surface area contributed by atoms with Crippen LogP contribution in [-0.2, 0) is 14.3 Å². The normalized spacial score (nSPS) is 11.6. The van der Waals surface area contributed by atoms with Gasteiger partial charge in [0.25, 0.3) is 5.91 Å². The number of thiophene rings is 1. The quantitative estimate of drug-likeness (QED) is 0.559. The molecule has 0 aliphatic carbocycles. The van der Waals surface area contributed by atoms with Crippen LogP contribution in [0.2, 0.25) is 5.02 Å². The lowest BCUT2D eigenvalue weighted by Gasteiger charge is -2.14. The first-order valence-electron chi connectivity index (χ1n) is 7.73. The zero-order valence-electron chi connectivity index (χ0n) is 13.7. The molecule has 2 aromatic rings. The number of amides is 1. The molecule has 1 N–H and O–H groups in total. The van der Waals surface area contributed by atoms with Crippen LogP contribution >= 0.6 is 22.9 Å². The van der Waals surface area contributed by atoms with Crippen LogP contribution in [0.15, 0.2) is 41.8 Å². The van der Waals surface area contributed by atoms with Crippen molar-refractivity contribution in [3.8, 4) is 0 Å². The fourth-order valence-electron chi connectivity index (χ4n) is 2.11. The van der Waals surface area contributed by atoms with Crippen molar-refractivity contribution in [3.63, 3.8) is 0 Å². The number of carbonyl (C=O) groups is 3. The van der Waals surface area contributed by atoms with E-state index in [1.807, 2.05) is 19.1 Å². The molecule has 0 aliphatic heterocycles. The molecule has 5 nitrogen and oxygen atoms in total. The van der Waals surface area contributed by atoms with Gasteiger partial charge in [-0.25, -0.2) is 0 Å². The molecule has 1 aromatic heterocycles. The number of Topliss-reactive ketones (excluding diaryl/α,β-unsaturated/α-hetero) is 1. The van der Waals surface area contributed by atoms with Gasteiger partial charge in [-0.2, -0.15) is 0 Å². The Kier molecular flexibility index (Phi) is 7.16. The summed E-state index contributed by atoms with van der Waals surface area (Å²) in [5.74, 6) is -1.08. The number of nitrogens with one attached hydrogen (secondary N) is 1. The van der Waals surface area contributed by atoms with Crippen molar-refractivity contribution in [1.82, 2.24) is 5.32 Å². The molecule has 7 heteroatoms. The van der Waals surface area contributed by atoms with Gasteiger partial charge >= 0.3 is 5.97 Å². The van der Waals surface area contributed by atoms with E-state index in [0.717, 1.165) is 5.56 Å². The van der Waals surface area contributed by atoms with E-state index >= 15 is 0 Å². The second-order valence-corrected chi connectivity index (χ2v) is 6.79. The van der Waals surface area contributed by atoms with E-state index in [0.29, 0.717) is 9.90 Å². The van der Waals surface area contributed by atoms with Crippen molar-refractivity contribution < 1.29 is 19.1 Å². The van der Waals surface area contributed by atoms with Gasteiger partial charge in [0.05, 0.1) is 17.3 Å². The molecular formula is C18H18ClNO4S. The summed E-state index contributed by atoms with van der Waals surface area (Å²) < 4.78 is 4.91. The predicted molar refractivity (Wildman–Crippen MR) is 96.9 cm³/mol. The molecule has 132 valence electrons. The second-order valence-electron chi connectivity index (χ2n) is 5.40. The number of carbonyl (C=O) groups excluding carboxylic acids is 3. The largest absolute Gasteiger partial charge is 0.456 e. The number of hydrogen-bond donors (Lipinski definition) is 1. The van der Waals surface area contributed by atoms with Gasteiger partial charge in [0.2, 0.25) is 0 Å². The minimum Gasteiger partial charge on any atom is -0.456 e. The van der Waals surface area contributed by atoms with E-state index in [1.165, 1.54) is 11.3 Å². The lowest BCUT2D eigenvalue weighted by atomic mass is 10.1. The predicted octanol–water partition coefficient (Wildman–Crippen LogP) is 3.79. The minimum absolute atomic E-state index is 0.0449. The van der Waals surface area contributed by atoms with Crippen LogP contribution in [0.25, 0.3) is 0 Å². The maximum absolute atomic E-state index is 11.8. The summed E-state index contributed by atoms with van der Waals surface area (Å²) in [5, 5.41) is 5.16. The van der Waals surface area contributed by atoms with Crippen LogP contribution in [0.3, 0.4) is 0 Å². The Hall–Kier alpha value is -2.18. The maximum Gasteiger partial charge on any atom is 0.306 e. The molecule has 1 amide bonds. The fraction of sp³-hybridized carbons (Fsp3) is 0.278. The molecule has 0 spiro atoms. The smallest absolute Gasteiger partial charge is 0.306 e. The van der Waals surface area contributed by atoms with Gasteiger partial charge in [-0.15, -0.1) is 11.3 Å². The highest BCUT2D eigenvalue weighted by molar-refractivity contribution is 7.12. The van der Waals surface area contributed by atoms with E-state index in [4.69, 9.17) is 16.3 Å². The molecule has 1 heterocycles. The molecule has 2 rings (SSSR count). The van der Waals surface area contributed by atoms with E-state index in [9.17, 15) is 14.4 Å². The highest BCUT2D eigenvalue weighted by atomic mass is 35.5. The van der Waals surface area contributed by atoms with Crippen LogP contribution in [0.1, 0.15) is 41.0 Å². The number of ketones is 1. The third-order valence-electron chi connectivity index (χ3n) is 3.46. The van der Waals surface area contributed by atoms with Crippen LogP contribution in [0, 0.1) is 0 Å². The van der Waals surface area contributed by atoms with Crippen molar-refractivity contribution >= 4 is 40.6 Å². The summed E-state index contributed by atoms with van der Waals surface area (Å²) in [6.45, 7) is 1.45. The van der Waals surface area contributed by atoms with Crippen LogP contribution in [0.4, 0.5) is 0 Å². The Balaban J connectivity index is 1.69. The molecule has 0 radical (unpaired) electrons. The number of esters is 1. The lowest BCUT2D eigenvalue weighted by molar-refractivity contribution is -0.148. The molecule has 0 saturated carbocycles. The van der Waals surface area contributed by atoms with E-state index in [1.54, 1.807) is 29.6 Å². The number of benzene rings is 1. The first kappa shape index (κ1) is 19.1. The van der Waals surface area contributed by atoms with E-state index in [2.05, 4.69) is 5.32 Å². The monoisotopic (exact) mass is 379 g/mol. The number of ether oxygens (including phenoxy) is 1. The van der Waals surface area contributed by atoms with Crippen molar-refractivity contribution in [1.29, 1.82) is 0 Å². The second kappa shape index (κ2) is 9.34. The Morgan fingerprint density at radius 2 is 1.88 bits per heavy atom. The zero-order chi connectivity index (χ0) is 18.2. The van der Waals surface area contributed by atoms with E-state index < -0.39 is 11.9 Å². The molecule has 1 aromatic carbocycles. The van der Waals surface area contributed by atoms with Crippen LogP contribution < -0.4 is 5.32 Å². The Bertz CT molecular complexity index is 728. The Morgan fingerprint density at radius 1 is 1.16 bits per heavy atom. The van der Waals surface area contributed by atoms with E-state index in [-0.39, 0.29) is 31.3 Å². The molecule has 1 atom stereocenters. The van der Waals surface area contributed by atoms with Crippen LogP contribution in [-0.4, -0.2) is 24.3 Å². The maximum atomic E-state index is 11.8. The molecule has 0 aliphatic rings. The van der Waals surface area contributed by atoms with Gasteiger partial charge in [-0.3, -0.25) is 14.4 Å². The minimum atomic E-state index is -0.570. The highest BCUT2D eigenvalue weighted by Crippen LogP contribution is 2.16. The molecule has 0 bridgehead atoms. The summed E-state index contributed by atoms with van der Waals surface area (Å²) in [7, 11) is 0. The molecular weight excluding hydrogens is 362 g/mol. The highest BCUT2D eigenvalue weighted by Gasteiger charge is 2.14. The molecule has 0 unspecified atom stereocenters. The molecule has 0 saturated heterocycles. The number of halogens is 1. The Labute approximate surface area is 154 Å². The van der Waals surface area contributed by atoms with Crippen LogP contribution in [0.5, 0.6) is 0 Å². The number of rotatable bonds is 8. The fourth-order valence-corrected chi connectivity index (χ4v) is 2.93. The average Bonchev–Trinajstić information content (AvgIpc) is 3.13. The van der Waals surface area contributed by atoms with Crippen molar-refractivity contribution in [2.45, 2.75) is 25.8 Å².